The van der Waals surface area contributed by atoms with Gasteiger partial charge in [0.1, 0.15) is 0 Å². The first-order chi connectivity index (χ1) is 5.62. The van der Waals surface area contributed by atoms with E-state index in [-0.39, 0.29) is 6.42 Å². The molecule has 1 aliphatic rings. The fraction of sp³-hybridized carbons (Fsp3) is 0.222. The number of allylic oxidation sites excluding steroid dienone is 4. The Morgan fingerprint density at radius 1 is 1.25 bits per heavy atom. The Morgan fingerprint density at radius 3 is 2.17 bits per heavy atom. The van der Waals surface area contributed by atoms with Gasteiger partial charge in [-0.05, 0) is 0 Å². The Morgan fingerprint density at radius 2 is 1.75 bits per heavy atom. The second kappa shape index (κ2) is 3.36. The van der Waals surface area contributed by atoms with Crippen LogP contribution in [0.1, 0.15) is 6.42 Å². The van der Waals surface area contributed by atoms with Gasteiger partial charge >= 0.3 is 5.97 Å². The van der Waals surface area contributed by atoms with Crippen molar-refractivity contribution in [3.63, 3.8) is 0 Å². The minimum absolute atomic E-state index is 0.0817. The zero-order valence-corrected chi connectivity index (χ0v) is 6.60. The summed E-state index contributed by atoms with van der Waals surface area (Å²) in [6.45, 7) is 0. The highest BCUT2D eigenvalue weighted by Crippen LogP contribution is 2.13. The first-order valence-corrected chi connectivity index (χ1v) is 3.67. The van der Waals surface area contributed by atoms with Crippen LogP contribution in [0.5, 0.6) is 0 Å². The Labute approximate surface area is 70.9 Å². The lowest BCUT2D eigenvalue weighted by molar-refractivity contribution is -0.137. The van der Waals surface area contributed by atoms with Crippen molar-refractivity contribution in [3.05, 3.63) is 36.5 Å². The molecule has 0 atom stereocenters. The van der Waals surface area contributed by atoms with E-state index in [2.05, 4.69) is 0 Å². The normalized spacial score (nSPS) is 19.1. The Kier molecular flexibility index (Phi) is 2.45. The number of hydrogen-bond acceptors (Lipinski definition) is 2. The molecule has 0 spiro atoms. The standard InChI is InChI=1S/C9H11NO2/c10-9(7-8(11)12)5-3-1-2-4-6-9/h1-6H,7,10H2,(H,11,12). The van der Waals surface area contributed by atoms with Crippen molar-refractivity contribution in [1.82, 2.24) is 0 Å². The molecule has 0 fully saturated rings. The molecule has 64 valence electrons. The third kappa shape index (κ3) is 2.36. The SMILES string of the molecule is NC1(CC(=O)O)C=CC=CC=C1. The van der Waals surface area contributed by atoms with E-state index in [1.807, 2.05) is 12.2 Å². The van der Waals surface area contributed by atoms with Gasteiger partial charge in [0.05, 0.1) is 12.0 Å². The summed E-state index contributed by atoms with van der Waals surface area (Å²) in [6.07, 6.45) is 10.4. The molecular formula is C9H11NO2. The molecule has 0 aliphatic heterocycles. The zero-order chi connectivity index (χ0) is 9.03. The maximum Gasteiger partial charge on any atom is 0.305 e. The second-order valence-corrected chi connectivity index (χ2v) is 2.79. The Bertz CT molecular complexity index is 248. The zero-order valence-electron chi connectivity index (χ0n) is 6.60. The molecule has 0 aromatic carbocycles. The number of rotatable bonds is 2. The quantitative estimate of drug-likeness (QED) is 0.637. The molecule has 0 unspecified atom stereocenters. The van der Waals surface area contributed by atoms with Gasteiger partial charge in [-0.3, -0.25) is 4.79 Å². The van der Waals surface area contributed by atoms with Crippen molar-refractivity contribution in [3.8, 4) is 0 Å². The highest BCUT2D eigenvalue weighted by atomic mass is 16.4. The van der Waals surface area contributed by atoms with E-state index in [1.165, 1.54) is 0 Å². The van der Waals surface area contributed by atoms with Gasteiger partial charge in [0, 0.05) is 0 Å². The van der Waals surface area contributed by atoms with E-state index in [1.54, 1.807) is 24.3 Å². The molecule has 3 heteroatoms. The van der Waals surface area contributed by atoms with Crippen molar-refractivity contribution in [2.24, 2.45) is 5.73 Å². The maximum absolute atomic E-state index is 10.4. The molecule has 0 radical (unpaired) electrons. The molecule has 0 heterocycles. The third-order valence-corrected chi connectivity index (χ3v) is 1.60. The maximum atomic E-state index is 10.4. The van der Waals surface area contributed by atoms with Gasteiger partial charge in [-0.15, -0.1) is 0 Å². The molecule has 1 rings (SSSR count). The summed E-state index contributed by atoms with van der Waals surface area (Å²) < 4.78 is 0. The number of carbonyl (C=O) groups is 1. The lowest BCUT2D eigenvalue weighted by atomic mass is 9.96. The van der Waals surface area contributed by atoms with Gasteiger partial charge < -0.3 is 10.8 Å². The van der Waals surface area contributed by atoms with Crippen molar-refractivity contribution in [2.75, 3.05) is 0 Å². The van der Waals surface area contributed by atoms with Crippen LogP contribution in [0.25, 0.3) is 0 Å². The third-order valence-electron chi connectivity index (χ3n) is 1.60. The minimum Gasteiger partial charge on any atom is -0.481 e. The van der Waals surface area contributed by atoms with Crippen molar-refractivity contribution >= 4 is 5.97 Å². The number of hydrogen-bond donors (Lipinski definition) is 2. The summed E-state index contributed by atoms with van der Waals surface area (Å²) >= 11 is 0. The van der Waals surface area contributed by atoms with Crippen LogP contribution < -0.4 is 5.73 Å². The molecule has 12 heavy (non-hydrogen) atoms. The van der Waals surface area contributed by atoms with Crippen LogP contribution in [0.3, 0.4) is 0 Å². The van der Waals surface area contributed by atoms with Crippen molar-refractivity contribution in [1.29, 1.82) is 0 Å². The summed E-state index contributed by atoms with van der Waals surface area (Å²) in [5, 5.41) is 8.55. The Balaban J connectivity index is 2.76. The van der Waals surface area contributed by atoms with Gasteiger partial charge in [0.15, 0.2) is 0 Å². The fourth-order valence-electron chi connectivity index (χ4n) is 1.03. The molecule has 3 nitrogen and oxygen atoms in total. The van der Waals surface area contributed by atoms with Gasteiger partial charge in [-0.25, -0.2) is 0 Å². The van der Waals surface area contributed by atoms with Crippen LogP contribution in [-0.2, 0) is 4.79 Å². The summed E-state index contributed by atoms with van der Waals surface area (Å²) in [7, 11) is 0. The topological polar surface area (TPSA) is 63.3 Å². The van der Waals surface area contributed by atoms with Crippen LogP contribution in [-0.4, -0.2) is 16.6 Å². The number of nitrogens with two attached hydrogens (primary N) is 1. The minimum atomic E-state index is -0.895. The van der Waals surface area contributed by atoms with E-state index in [4.69, 9.17) is 10.8 Å². The molecular weight excluding hydrogens is 154 g/mol. The van der Waals surface area contributed by atoms with Crippen molar-refractivity contribution in [2.45, 2.75) is 12.0 Å². The highest BCUT2D eigenvalue weighted by Gasteiger charge is 2.21. The number of carboxylic acids is 1. The lowest BCUT2D eigenvalue weighted by Crippen LogP contribution is -2.37. The molecule has 0 amide bonds. The molecule has 0 aromatic rings. The molecule has 1 aliphatic carbocycles. The number of aliphatic carboxylic acids is 1. The summed E-state index contributed by atoms with van der Waals surface area (Å²) in [5.41, 5.74) is 4.93. The van der Waals surface area contributed by atoms with Gasteiger partial charge in [0.2, 0.25) is 0 Å². The van der Waals surface area contributed by atoms with E-state index in [0.29, 0.717) is 0 Å². The van der Waals surface area contributed by atoms with E-state index < -0.39 is 11.5 Å². The van der Waals surface area contributed by atoms with E-state index in [9.17, 15) is 4.79 Å². The van der Waals surface area contributed by atoms with Crippen LogP contribution in [0.15, 0.2) is 36.5 Å². The smallest absolute Gasteiger partial charge is 0.305 e. The van der Waals surface area contributed by atoms with Gasteiger partial charge in [-0.2, -0.15) is 0 Å². The summed E-state index contributed by atoms with van der Waals surface area (Å²) in [4.78, 5) is 10.4. The molecule has 3 N–H and O–H groups in total. The first kappa shape index (κ1) is 8.74. The van der Waals surface area contributed by atoms with Crippen LogP contribution in [0, 0.1) is 0 Å². The molecule has 0 aromatic heterocycles. The highest BCUT2D eigenvalue weighted by molar-refractivity contribution is 5.69. The number of carboxylic acid groups (broad SMARTS) is 1. The molecule has 0 saturated heterocycles. The summed E-state index contributed by atoms with van der Waals surface area (Å²) in [6, 6.07) is 0. The fourth-order valence-corrected chi connectivity index (χ4v) is 1.03. The average molecular weight is 165 g/mol. The average Bonchev–Trinajstić information content (AvgIpc) is 2.12. The predicted molar refractivity (Wildman–Crippen MR) is 46.6 cm³/mol. The predicted octanol–water partition coefficient (Wildman–Crippen LogP) is 0.841. The van der Waals surface area contributed by atoms with Crippen LogP contribution in [0.2, 0.25) is 0 Å². The second-order valence-electron chi connectivity index (χ2n) is 2.79. The Hall–Kier alpha value is -1.35. The molecule has 0 saturated carbocycles. The van der Waals surface area contributed by atoms with E-state index >= 15 is 0 Å². The summed E-state index contributed by atoms with van der Waals surface area (Å²) in [5.74, 6) is -0.895. The van der Waals surface area contributed by atoms with Crippen LogP contribution in [0.4, 0.5) is 0 Å². The first-order valence-electron chi connectivity index (χ1n) is 3.67. The lowest BCUT2D eigenvalue weighted by Gasteiger charge is -2.18. The van der Waals surface area contributed by atoms with E-state index in [0.717, 1.165) is 0 Å². The van der Waals surface area contributed by atoms with Gasteiger partial charge in [-0.1, -0.05) is 36.5 Å². The largest absolute Gasteiger partial charge is 0.481 e. The monoisotopic (exact) mass is 165 g/mol. The van der Waals surface area contributed by atoms with Gasteiger partial charge in [0.25, 0.3) is 0 Å². The van der Waals surface area contributed by atoms with Crippen LogP contribution >= 0.6 is 0 Å². The van der Waals surface area contributed by atoms with Crippen molar-refractivity contribution < 1.29 is 9.90 Å². The molecule has 0 bridgehead atoms.